The van der Waals surface area contributed by atoms with Gasteiger partial charge in [0.05, 0.1) is 5.75 Å². The summed E-state index contributed by atoms with van der Waals surface area (Å²) in [4.78, 5) is 26.0. The van der Waals surface area contributed by atoms with E-state index in [1.54, 1.807) is 23.6 Å². The zero-order valence-corrected chi connectivity index (χ0v) is 16.0. The van der Waals surface area contributed by atoms with Gasteiger partial charge in [-0.05, 0) is 36.8 Å². The van der Waals surface area contributed by atoms with E-state index < -0.39 is 5.38 Å². The van der Waals surface area contributed by atoms with Gasteiger partial charge in [0.1, 0.15) is 10.8 Å². The van der Waals surface area contributed by atoms with E-state index in [0.29, 0.717) is 22.9 Å². The van der Waals surface area contributed by atoms with Crippen LogP contribution in [0.4, 0.5) is 11.4 Å². The van der Waals surface area contributed by atoms with Crippen LogP contribution < -0.4 is 19.7 Å². The largest absolute Gasteiger partial charge is 0.454 e. The van der Waals surface area contributed by atoms with E-state index >= 15 is 0 Å². The van der Waals surface area contributed by atoms with Crippen LogP contribution in [0.15, 0.2) is 42.5 Å². The molecule has 0 radical (unpaired) electrons. The fourth-order valence-electron chi connectivity index (χ4n) is 2.96. The number of ether oxygens (including phenoxy) is 2. The Hall–Kier alpha value is -2.38. The number of hydrogen-bond acceptors (Lipinski definition) is 5. The van der Waals surface area contributed by atoms with E-state index in [-0.39, 0.29) is 24.0 Å². The maximum absolute atomic E-state index is 12.5. The van der Waals surface area contributed by atoms with Gasteiger partial charge in [-0.25, -0.2) is 0 Å². The van der Waals surface area contributed by atoms with Crippen molar-refractivity contribution < 1.29 is 19.1 Å². The molecule has 2 aromatic rings. The van der Waals surface area contributed by atoms with Gasteiger partial charge < -0.3 is 14.8 Å². The summed E-state index contributed by atoms with van der Waals surface area (Å²) in [6.45, 7) is 1.81. The molecular formula is C19H17ClN2O4S. The Labute approximate surface area is 165 Å². The van der Waals surface area contributed by atoms with E-state index in [9.17, 15) is 9.59 Å². The molecular weight excluding hydrogens is 388 g/mol. The van der Waals surface area contributed by atoms with Crippen LogP contribution in [-0.2, 0) is 9.59 Å². The van der Waals surface area contributed by atoms with Crippen LogP contribution in [0.1, 0.15) is 17.9 Å². The fraction of sp³-hybridized carbons (Fsp3) is 0.263. The molecule has 2 heterocycles. The zero-order valence-electron chi connectivity index (χ0n) is 14.5. The van der Waals surface area contributed by atoms with Gasteiger partial charge in [0.25, 0.3) is 0 Å². The van der Waals surface area contributed by atoms with Gasteiger partial charge in [-0.3, -0.25) is 14.5 Å². The number of nitrogens with one attached hydrogen (secondary N) is 1. The molecule has 2 aromatic carbocycles. The Morgan fingerprint density at radius 2 is 1.96 bits per heavy atom. The van der Waals surface area contributed by atoms with Crippen molar-refractivity contribution in [2.24, 2.45) is 0 Å². The third-order valence-corrected chi connectivity index (χ3v) is 5.74. The highest BCUT2D eigenvalue weighted by molar-refractivity contribution is 8.00. The number of alkyl halides is 1. The van der Waals surface area contributed by atoms with Gasteiger partial charge in [0.15, 0.2) is 11.5 Å². The predicted octanol–water partition coefficient (Wildman–Crippen LogP) is 3.76. The molecule has 2 amide bonds. The van der Waals surface area contributed by atoms with E-state index in [2.05, 4.69) is 5.32 Å². The predicted molar refractivity (Wildman–Crippen MR) is 106 cm³/mol. The van der Waals surface area contributed by atoms with Crippen LogP contribution in [0, 0.1) is 0 Å². The minimum absolute atomic E-state index is 0.0391. The van der Waals surface area contributed by atoms with Gasteiger partial charge in [0.2, 0.25) is 18.6 Å². The summed E-state index contributed by atoms with van der Waals surface area (Å²) in [5, 5.41) is 2.00. The fourth-order valence-corrected chi connectivity index (χ4v) is 4.19. The monoisotopic (exact) mass is 404 g/mol. The SMILES string of the molecule is C[C@@H](Cl)C(=O)Nc1ccc([C@@H]2SCC(=O)N2c2ccc3c(c2)OCO3)cc1. The molecule has 0 spiro atoms. The lowest BCUT2D eigenvalue weighted by atomic mass is 10.1. The molecule has 0 unspecified atom stereocenters. The molecule has 0 saturated carbocycles. The summed E-state index contributed by atoms with van der Waals surface area (Å²) in [5.74, 6) is 1.52. The Bertz CT molecular complexity index is 888. The number of hydrogen-bond donors (Lipinski definition) is 1. The van der Waals surface area contributed by atoms with Crippen LogP contribution in [0.2, 0.25) is 0 Å². The van der Waals surface area contributed by atoms with E-state index in [4.69, 9.17) is 21.1 Å². The Balaban J connectivity index is 1.57. The number of anilines is 2. The lowest BCUT2D eigenvalue weighted by molar-refractivity contribution is -0.116. The molecule has 1 saturated heterocycles. The van der Waals surface area contributed by atoms with Crippen molar-refractivity contribution in [3.63, 3.8) is 0 Å². The van der Waals surface area contributed by atoms with Crippen molar-refractivity contribution in [2.45, 2.75) is 17.7 Å². The second-order valence-electron chi connectivity index (χ2n) is 6.19. The van der Waals surface area contributed by atoms with Gasteiger partial charge in [0, 0.05) is 17.4 Å². The molecule has 2 aliphatic rings. The van der Waals surface area contributed by atoms with Crippen LogP contribution in [0.25, 0.3) is 0 Å². The first-order chi connectivity index (χ1) is 13.0. The summed E-state index contributed by atoms with van der Waals surface area (Å²) in [5.41, 5.74) is 2.41. The van der Waals surface area contributed by atoms with E-state index in [1.165, 1.54) is 0 Å². The minimum atomic E-state index is -0.603. The number of carbonyl (C=O) groups excluding carboxylic acids is 2. The summed E-state index contributed by atoms with van der Waals surface area (Å²) in [6.07, 6.45) is 0. The molecule has 1 fully saturated rings. The van der Waals surface area contributed by atoms with E-state index in [0.717, 1.165) is 11.3 Å². The lowest BCUT2D eigenvalue weighted by Gasteiger charge is -2.24. The maximum Gasteiger partial charge on any atom is 0.242 e. The van der Waals surface area contributed by atoms with Crippen molar-refractivity contribution in [1.29, 1.82) is 0 Å². The van der Waals surface area contributed by atoms with Gasteiger partial charge in [-0.1, -0.05) is 12.1 Å². The summed E-state index contributed by atoms with van der Waals surface area (Å²) in [7, 11) is 0. The molecule has 0 aromatic heterocycles. The van der Waals surface area contributed by atoms with Crippen molar-refractivity contribution in [3.8, 4) is 11.5 Å². The van der Waals surface area contributed by atoms with Crippen LogP contribution >= 0.6 is 23.4 Å². The zero-order chi connectivity index (χ0) is 19.0. The molecule has 0 bridgehead atoms. The van der Waals surface area contributed by atoms with Crippen molar-refractivity contribution in [3.05, 3.63) is 48.0 Å². The summed E-state index contributed by atoms with van der Waals surface area (Å²) >= 11 is 7.34. The highest BCUT2D eigenvalue weighted by Gasteiger charge is 2.34. The van der Waals surface area contributed by atoms with Crippen molar-refractivity contribution in [1.82, 2.24) is 0 Å². The number of amides is 2. The number of benzene rings is 2. The number of thioether (sulfide) groups is 1. The molecule has 1 N–H and O–H groups in total. The Morgan fingerprint density at radius 1 is 1.22 bits per heavy atom. The first kappa shape index (κ1) is 18.0. The van der Waals surface area contributed by atoms with Crippen LogP contribution in [0.5, 0.6) is 11.5 Å². The Kier molecular flexibility index (Phi) is 4.88. The normalized spacial score (nSPS) is 19.3. The van der Waals surface area contributed by atoms with Crippen molar-refractivity contribution in [2.75, 3.05) is 22.8 Å². The van der Waals surface area contributed by atoms with Gasteiger partial charge >= 0.3 is 0 Å². The highest BCUT2D eigenvalue weighted by Crippen LogP contribution is 2.44. The number of rotatable bonds is 4. The topological polar surface area (TPSA) is 67.9 Å². The smallest absolute Gasteiger partial charge is 0.242 e. The van der Waals surface area contributed by atoms with Gasteiger partial charge in [-0.2, -0.15) is 0 Å². The lowest BCUT2D eigenvalue weighted by Crippen LogP contribution is -2.27. The number of carbonyl (C=O) groups is 2. The summed E-state index contributed by atoms with van der Waals surface area (Å²) < 4.78 is 10.8. The number of fused-ring (bicyclic) bond motifs is 1. The Morgan fingerprint density at radius 3 is 2.70 bits per heavy atom. The molecule has 140 valence electrons. The highest BCUT2D eigenvalue weighted by atomic mass is 35.5. The first-order valence-corrected chi connectivity index (χ1v) is 9.89. The number of halogens is 1. The second kappa shape index (κ2) is 7.32. The van der Waals surface area contributed by atoms with Gasteiger partial charge in [-0.15, -0.1) is 23.4 Å². The third-order valence-electron chi connectivity index (χ3n) is 4.33. The summed E-state index contributed by atoms with van der Waals surface area (Å²) in [6, 6.07) is 12.9. The molecule has 6 nitrogen and oxygen atoms in total. The quantitative estimate of drug-likeness (QED) is 0.786. The molecule has 2 aliphatic heterocycles. The average Bonchev–Trinajstić information content (AvgIpc) is 3.28. The second-order valence-corrected chi connectivity index (χ2v) is 7.92. The molecule has 8 heteroatoms. The standard InChI is InChI=1S/C19H17ClN2O4S/c1-11(20)18(24)21-13-4-2-12(3-5-13)19-22(17(23)9-27-19)14-6-7-15-16(8-14)26-10-25-15/h2-8,11,19H,9-10H2,1H3,(H,21,24)/t11-,19+/m1/s1. The maximum atomic E-state index is 12.5. The number of nitrogens with zero attached hydrogens (tertiary/aromatic N) is 1. The molecule has 4 rings (SSSR count). The molecule has 0 aliphatic carbocycles. The van der Waals surface area contributed by atoms with Crippen LogP contribution in [-0.4, -0.2) is 29.7 Å². The molecule has 27 heavy (non-hydrogen) atoms. The van der Waals surface area contributed by atoms with E-state index in [1.807, 2.05) is 42.5 Å². The third kappa shape index (κ3) is 3.57. The minimum Gasteiger partial charge on any atom is -0.454 e. The first-order valence-electron chi connectivity index (χ1n) is 8.41. The molecule has 2 atom stereocenters. The van der Waals surface area contributed by atoms with Crippen molar-refractivity contribution >= 4 is 46.6 Å². The van der Waals surface area contributed by atoms with Crippen LogP contribution in [0.3, 0.4) is 0 Å². The average molecular weight is 405 g/mol.